The van der Waals surface area contributed by atoms with Gasteiger partial charge in [-0.15, -0.1) is 0 Å². The highest BCUT2D eigenvalue weighted by Crippen LogP contribution is 2.02. The summed E-state index contributed by atoms with van der Waals surface area (Å²) in [6, 6.07) is 4.73. The van der Waals surface area contributed by atoms with E-state index in [9.17, 15) is 24.0 Å². The van der Waals surface area contributed by atoms with E-state index in [1.807, 2.05) is 11.4 Å². The standard InChI is InChI=1S/C18H24N4O8/c19-11(6-10-4-2-1-3-5-10)16(27)20-8-14(24)21-12(7-15(25)26)17(28)22-13(9-23)18(29)30/h1-5,11-13,23H,6-9,19H2,(H,20,27)(H,21,24)(H,22,28)(H,25,26)(H,29,30). The monoisotopic (exact) mass is 424 g/mol. The van der Waals surface area contributed by atoms with Crippen LogP contribution in [0.15, 0.2) is 30.3 Å². The number of carboxylic acid groups (broad SMARTS) is 2. The number of aliphatic carboxylic acids is 2. The molecule has 3 unspecified atom stereocenters. The summed E-state index contributed by atoms with van der Waals surface area (Å²) in [6.45, 7) is -1.50. The minimum Gasteiger partial charge on any atom is -0.481 e. The summed E-state index contributed by atoms with van der Waals surface area (Å²) in [5.41, 5.74) is 6.60. The highest BCUT2D eigenvalue weighted by Gasteiger charge is 2.28. The van der Waals surface area contributed by atoms with Crippen LogP contribution in [0.3, 0.4) is 0 Å². The predicted octanol–water partition coefficient (Wildman–Crippen LogP) is -2.81. The van der Waals surface area contributed by atoms with Gasteiger partial charge in [-0.1, -0.05) is 30.3 Å². The van der Waals surface area contributed by atoms with Crippen molar-refractivity contribution in [3.05, 3.63) is 35.9 Å². The van der Waals surface area contributed by atoms with Gasteiger partial charge in [-0.05, 0) is 12.0 Å². The smallest absolute Gasteiger partial charge is 0.328 e. The lowest BCUT2D eigenvalue weighted by Crippen LogP contribution is -2.55. The molecule has 12 nitrogen and oxygen atoms in total. The van der Waals surface area contributed by atoms with Gasteiger partial charge in [0.2, 0.25) is 17.7 Å². The molecule has 30 heavy (non-hydrogen) atoms. The highest BCUT2D eigenvalue weighted by atomic mass is 16.4. The van der Waals surface area contributed by atoms with E-state index < -0.39 is 67.4 Å². The van der Waals surface area contributed by atoms with Crippen LogP contribution in [0, 0.1) is 0 Å². The summed E-state index contributed by atoms with van der Waals surface area (Å²) in [4.78, 5) is 57.9. The molecular formula is C18H24N4O8. The Bertz CT molecular complexity index is 771. The van der Waals surface area contributed by atoms with Crippen LogP contribution in [0.2, 0.25) is 0 Å². The second-order valence-electron chi connectivity index (χ2n) is 6.31. The first-order valence-electron chi connectivity index (χ1n) is 8.86. The molecular weight excluding hydrogens is 400 g/mol. The van der Waals surface area contributed by atoms with Crippen LogP contribution in [-0.2, 0) is 30.4 Å². The molecule has 1 rings (SSSR count). The predicted molar refractivity (Wildman–Crippen MR) is 102 cm³/mol. The van der Waals surface area contributed by atoms with Crippen molar-refractivity contribution in [2.24, 2.45) is 5.73 Å². The molecule has 0 fully saturated rings. The van der Waals surface area contributed by atoms with E-state index in [0.717, 1.165) is 5.56 Å². The van der Waals surface area contributed by atoms with Crippen LogP contribution < -0.4 is 21.7 Å². The molecule has 0 aliphatic heterocycles. The largest absolute Gasteiger partial charge is 0.481 e. The molecule has 0 bridgehead atoms. The molecule has 12 heteroatoms. The highest BCUT2D eigenvalue weighted by molar-refractivity contribution is 5.94. The maximum Gasteiger partial charge on any atom is 0.328 e. The van der Waals surface area contributed by atoms with Gasteiger partial charge in [0.1, 0.15) is 12.1 Å². The zero-order valence-electron chi connectivity index (χ0n) is 15.9. The van der Waals surface area contributed by atoms with E-state index in [1.54, 1.807) is 24.3 Å². The third-order valence-electron chi connectivity index (χ3n) is 3.89. The van der Waals surface area contributed by atoms with E-state index >= 15 is 0 Å². The van der Waals surface area contributed by atoms with Gasteiger partial charge < -0.3 is 37.0 Å². The Morgan fingerprint density at radius 2 is 1.57 bits per heavy atom. The summed E-state index contributed by atoms with van der Waals surface area (Å²) in [5.74, 6) is -5.59. The van der Waals surface area contributed by atoms with Gasteiger partial charge in [0, 0.05) is 0 Å². The second kappa shape index (κ2) is 12.1. The van der Waals surface area contributed by atoms with Crippen LogP contribution in [0.25, 0.3) is 0 Å². The zero-order chi connectivity index (χ0) is 22.7. The van der Waals surface area contributed by atoms with Gasteiger partial charge in [-0.2, -0.15) is 0 Å². The molecule has 0 aliphatic carbocycles. The molecule has 0 aromatic heterocycles. The molecule has 0 saturated heterocycles. The molecule has 0 spiro atoms. The van der Waals surface area contributed by atoms with E-state index in [2.05, 4.69) is 10.6 Å². The molecule has 164 valence electrons. The van der Waals surface area contributed by atoms with Crippen LogP contribution in [0.5, 0.6) is 0 Å². The molecule has 3 atom stereocenters. The van der Waals surface area contributed by atoms with Crippen molar-refractivity contribution in [3.8, 4) is 0 Å². The number of carboxylic acids is 2. The Morgan fingerprint density at radius 1 is 0.933 bits per heavy atom. The van der Waals surface area contributed by atoms with Crippen molar-refractivity contribution in [1.82, 2.24) is 16.0 Å². The van der Waals surface area contributed by atoms with Gasteiger partial charge in [-0.25, -0.2) is 4.79 Å². The molecule has 0 aliphatic rings. The molecule has 1 aromatic carbocycles. The van der Waals surface area contributed by atoms with E-state index in [4.69, 9.17) is 21.1 Å². The Labute approximate surface area is 171 Å². The van der Waals surface area contributed by atoms with Gasteiger partial charge in [-0.3, -0.25) is 19.2 Å². The molecule has 0 heterocycles. The van der Waals surface area contributed by atoms with E-state index in [1.165, 1.54) is 0 Å². The molecule has 8 N–H and O–H groups in total. The average Bonchev–Trinajstić information content (AvgIpc) is 2.69. The third-order valence-corrected chi connectivity index (χ3v) is 3.89. The first-order chi connectivity index (χ1) is 14.1. The van der Waals surface area contributed by atoms with Crippen molar-refractivity contribution in [2.45, 2.75) is 31.0 Å². The molecule has 3 amide bonds. The zero-order valence-corrected chi connectivity index (χ0v) is 15.9. The van der Waals surface area contributed by atoms with Crippen LogP contribution >= 0.6 is 0 Å². The minimum absolute atomic E-state index is 0.232. The van der Waals surface area contributed by atoms with Crippen molar-refractivity contribution in [3.63, 3.8) is 0 Å². The number of hydrogen-bond acceptors (Lipinski definition) is 7. The Morgan fingerprint density at radius 3 is 2.10 bits per heavy atom. The fraction of sp³-hybridized carbons (Fsp3) is 0.389. The summed E-state index contributed by atoms with van der Waals surface area (Å²) < 4.78 is 0. The molecule has 1 aromatic rings. The topological polar surface area (TPSA) is 208 Å². The van der Waals surface area contributed by atoms with Crippen LogP contribution in [-0.4, -0.2) is 76.3 Å². The van der Waals surface area contributed by atoms with Crippen molar-refractivity contribution in [2.75, 3.05) is 13.2 Å². The fourth-order valence-electron chi connectivity index (χ4n) is 2.35. The Balaban J connectivity index is 2.60. The number of nitrogens with two attached hydrogens (primary N) is 1. The first-order valence-corrected chi connectivity index (χ1v) is 8.86. The quantitative estimate of drug-likeness (QED) is 0.184. The van der Waals surface area contributed by atoms with Crippen LogP contribution in [0.4, 0.5) is 0 Å². The first kappa shape index (κ1) is 24.5. The maximum absolute atomic E-state index is 12.1. The lowest BCUT2D eigenvalue weighted by molar-refractivity contribution is -0.144. The van der Waals surface area contributed by atoms with Gasteiger partial charge >= 0.3 is 11.9 Å². The van der Waals surface area contributed by atoms with Crippen molar-refractivity contribution < 1.29 is 39.3 Å². The summed E-state index contributed by atoms with van der Waals surface area (Å²) in [5, 5.41) is 33.0. The fourth-order valence-corrected chi connectivity index (χ4v) is 2.35. The van der Waals surface area contributed by atoms with Crippen molar-refractivity contribution in [1.29, 1.82) is 0 Å². The number of nitrogens with one attached hydrogen (secondary N) is 3. The Hall–Kier alpha value is -3.51. The number of carbonyl (C=O) groups is 5. The van der Waals surface area contributed by atoms with Gasteiger partial charge in [0.05, 0.1) is 25.6 Å². The average molecular weight is 424 g/mol. The van der Waals surface area contributed by atoms with Crippen LogP contribution in [0.1, 0.15) is 12.0 Å². The van der Waals surface area contributed by atoms with Crippen molar-refractivity contribution >= 4 is 29.7 Å². The number of amides is 3. The third kappa shape index (κ3) is 8.67. The minimum atomic E-state index is -1.67. The summed E-state index contributed by atoms with van der Waals surface area (Å²) in [7, 11) is 0. The number of benzene rings is 1. The second-order valence-corrected chi connectivity index (χ2v) is 6.31. The van der Waals surface area contributed by atoms with E-state index in [0.29, 0.717) is 0 Å². The van der Waals surface area contributed by atoms with E-state index in [-0.39, 0.29) is 6.42 Å². The lowest BCUT2D eigenvalue weighted by Gasteiger charge is -2.19. The molecule has 0 saturated carbocycles. The number of rotatable bonds is 12. The lowest BCUT2D eigenvalue weighted by atomic mass is 10.1. The number of aliphatic hydroxyl groups is 1. The maximum atomic E-state index is 12.1. The normalized spacial score (nSPS) is 13.4. The van der Waals surface area contributed by atoms with Gasteiger partial charge in [0.15, 0.2) is 0 Å². The number of hydrogen-bond donors (Lipinski definition) is 7. The van der Waals surface area contributed by atoms with Gasteiger partial charge in [0.25, 0.3) is 0 Å². The summed E-state index contributed by atoms with van der Waals surface area (Å²) >= 11 is 0. The molecule has 0 radical (unpaired) electrons. The number of carbonyl (C=O) groups excluding carboxylic acids is 3. The number of aliphatic hydroxyl groups excluding tert-OH is 1. The SMILES string of the molecule is NC(Cc1ccccc1)C(=O)NCC(=O)NC(CC(=O)O)C(=O)NC(CO)C(=O)O. The summed E-state index contributed by atoms with van der Waals surface area (Å²) in [6.07, 6.45) is -0.604. The Kier molecular flexibility index (Phi) is 9.92.